The fourth-order valence-electron chi connectivity index (χ4n) is 2.76. The molecule has 0 atom stereocenters. The Morgan fingerprint density at radius 3 is 2.57 bits per heavy atom. The van der Waals surface area contributed by atoms with E-state index in [9.17, 15) is 4.39 Å². The minimum atomic E-state index is -0.485. The van der Waals surface area contributed by atoms with Crippen molar-refractivity contribution in [2.75, 3.05) is 0 Å². The van der Waals surface area contributed by atoms with Crippen LogP contribution in [0.5, 0.6) is 0 Å². The molecular formula is C16H14FN3O. The van der Waals surface area contributed by atoms with Gasteiger partial charge in [0.15, 0.2) is 0 Å². The highest BCUT2D eigenvalue weighted by Gasteiger charge is 2.40. The third-order valence-electron chi connectivity index (χ3n) is 4.21. The molecule has 1 fully saturated rings. The van der Waals surface area contributed by atoms with Crippen molar-refractivity contribution in [3.63, 3.8) is 0 Å². The van der Waals surface area contributed by atoms with Crippen LogP contribution in [0.25, 0.3) is 22.2 Å². The van der Waals surface area contributed by atoms with Gasteiger partial charge in [-0.2, -0.15) is 4.98 Å². The summed E-state index contributed by atoms with van der Waals surface area (Å²) < 4.78 is 19.2. The molecule has 21 heavy (non-hydrogen) atoms. The number of halogens is 1. The molecular weight excluding hydrogens is 269 g/mol. The highest BCUT2D eigenvalue weighted by molar-refractivity contribution is 5.95. The molecule has 0 saturated heterocycles. The third-order valence-corrected chi connectivity index (χ3v) is 4.21. The number of hydrogen-bond donors (Lipinski definition) is 1. The van der Waals surface area contributed by atoms with Crippen molar-refractivity contribution in [3.8, 4) is 11.4 Å². The molecule has 1 aliphatic carbocycles. The Morgan fingerprint density at radius 2 is 1.86 bits per heavy atom. The van der Waals surface area contributed by atoms with Crippen molar-refractivity contribution in [2.24, 2.45) is 5.73 Å². The molecule has 2 aromatic carbocycles. The van der Waals surface area contributed by atoms with Crippen LogP contribution in [0.1, 0.15) is 25.2 Å². The zero-order valence-electron chi connectivity index (χ0n) is 11.3. The zero-order chi connectivity index (χ0) is 14.4. The fourth-order valence-corrected chi connectivity index (χ4v) is 2.76. The lowest BCUT2D eigenvalue weighted by atomic mass is 9.78. The minimum Gasteiger partial charge on any atom is -0.337 e. The molecule has 106 valence electrons. The summed E-state index contributed by atoms with van der Waals surface area (Å²) in [7, 11) is 0. The van der Waals surface area contributed by atoms with Gasteiger partial charge in [0.25, 0.3) is 0 Å². The van der Waals surface area contributed by atoms with E-state index in [-0.39, 0.29) is 5.82 Å². The van der Waals surface area contributed by atoms with Crippen molar-refractivity contribution >= 4 is 10.8 Å². The van der Waals surface area contributed by atoms with E-state index in [1.807, 2.05) is 12.1 Å². The number of benzene rings is 2. The summed E-state index contributed by atoms with van der Waals surface area (Å²) in [6.07, 6.45) is 2.80. The van der Waals surface area contributed by atoms with Crippen LogP contribution in [-0.4, -0.2) is 10.1 Å². The van der Waals surface area contributed by atoms with Gasteiger partial charge in [-0.1, -0.05) is 29.4 Å². The molecule has 4 rings (SSSR count). The molecule has 1 saturated carbocycles. The van der Waals surface area contributed by atoms with Gasteiger partial charge in [-0.25, -0.2) is 4.39 Å². The van der Waals surface area contributed by atoms with Crippen LogP contribution in [0.3, 0.4) is 0 Å². The van der Waals surface area contributed by atoms with Gasteiger partial charge in [0.2, 0.25) is 11.7 Å². The van der Waals surface area contributed by atoms with Crippen molar-refractivity contribution in [1.82, 2.24) is 10.1 Å². The van der Waals surface area contributed by atoms with Crippen LogP contribution in [0, 0.1) is 5.82 Å². The number of rotatable bonds is 2. The number of nitrogens with two attached hydrogens (primary N) is 1. The van der Waals surface area contributed by atoms with Crippen LogP contribution < -0.4 is 5.73 Å². The normalized spacial score (nSPS) is 16.9. The fraction of sp³-hybridized carbons (Fsp3) is 0.250. The summed E-state index contributed by atoms with van der Waals surface area (Å²) in [5.74, 6) is 0.669. The summed E-state index contributed by atoms with van der Waals surface area (Å²) in [6, 6.07) is 10.4. The molecule has 4 nitrogen and oxygen atoms in total. The van der Waals surface area contributed by atoms with Gasteiger partial charge < -0.3 is 10.3 Å². The molecule has 0 aliphatic heterocycles. The second-order valence-corrected chi connectivity index (χ2v) is 5.57. The molecule has 0 amide bonds. The van der Waals surface area contributed by atoms with Crippen LogP contribution >= 0.6 is 0 Å². The van der Waals surface area contributed by atoms with E-state index >= 15 is 0 Å². The molecule has 0 bridgehead atoms. The smallest absolute Gasteiger partial charge is 0.247 e. The predicted molar refractivity (Wildman–Crippen MR) is 76.9 cm³/mol. The van der Waals surface area contributed by atoms with Gasteiger partial charge in [-0.15, -0.1) is 0 Å². The topological polar surface area (TPSA) is 64.9 Å². The van der Waals surface area contributed by atoms with Crippen LogP contribution in [-0.2, 0) is 5.54 Å². The Hall–Kier alpha value is -2.27. The number of fused-ring (bicyclic) bond motifs is 1. The Bertz CT molecular complexity index is 823. The highest BCUT2D eigenvalue weighted by Crippen LogP contribution is 2.38. The average Bonchev–Trinajstić information content (AvgIpc) is 2.95. The van der Waals surface area contributed by atoms with Crippen molar-refractivity contribution in [1.29, 1.82) is 0 Å². The number of hydrogen-bond acceptors (Lipinski definition) is 4. The summed E-state index contributed by atoms with van der Waals surface area (Å²) >= 11 is 0. The highest BCUT2D eigenvalue weighted by atomic mass is 19.1. The summed E-state index contributed by atoms with van der Waals surface area (Å²) in [5.41, 5.74) is 6.47. The Labute approximate surface area is 120 Å². The maximum atomic E-state index is 13.9. The van der Waals surface area contributed by atoms with Gasteiger partial charge in [-0.3, -0.25) is 0 Å². The molecule has 2 N–H and O–H groups in total. The molecule has 1 aliphatic rings. The van der Waals surface area contributed by atoms with Gasteiger partial charge in [0.05, 0.1) is 5.54 Å². The Kier molecular flexibility index (Phi) is 2.59. The lowest BCUT2D eigenvalue weighted by molar-refractivity contribution is 0.181. The van der Waals surface area contributed by atoms with E-state index in [2.05, 4.69) is 10.1 Å². The summed E-state index contributed by atoms with van der Waals surface area (Å²) in [4.78, 5) is 4.43. The van der Waals surface area contributed by atoms with Crippen LogP contribution in [0.2, 0.25) is 0 Å². The van der Waals surface area contributed by atoms with Crippen molar-refractivity contribution in [3.05, 3.63) is 48.1 Å². The number of aromatic nitrogens is 2. The van der Waals surface area contributed by atoms with Crippen LogP contribution in [0.4, 0.5) is 4.39 Å². The van der Waals surface area contributed by atoms with Gasteiger partial charge >= 0.3 is 0 Å². The van der Waals surface area contributed by atoms with Crippen LogP contribution in [0.15, 0.2) is 40.9 Å². The first-order valence-electron chi connectivity index (χ1n) is 6.98. The maximum absolute atomic E-state index is 13.9. The second-order valence-electron chi connectivity index (χ2n) is 5.57. The first kappa shape index (κ1) is 12.5. The average molecular weight is 283 g/mol. The first-order chi connectivity index (χ1) is 10.2. The molecule has 3 aromatic rings. The lowest BCUT2D eigenvalue weighted by Gasteiger charge is -2.33. The number of nitrogens with zero attached hydrogens (tertiary/aromatic N) is 2. The minimum absolute atomic E-state index is 0.257. The maximum Gasteiger partial charge on any atom is 0.247 e. The molecule has 5 heteroatoms. The summed E-state index contributed by atoms with van der Waals surface area (Å²) in [6.45, 7) is 0. The lowest BCUT2D eigenvalue weighted by Crippen LogP contribution is -2.43. The Balaban J connectivity index is 1.86. The van der Waals surface area contributed by atoms with Crippen molar-refractivity contribution < 1.29 is 8.91 Å². The molecule has 0 unspecified atom stereocenters. The van der Waals surface area contributed by atoms with E-state index in [4.69, 9.17) is 10.3 Å². The van der Waals surface area contributed by atoms with E-state index in [1.165, 1.54) is 6.07 Å². The molecule has 1 aromatic heterocycles. The first-order valence-corrected chi connectivity index (χ1v) is 6.98. The monoisotopic (exact) mass is 283 g/mol. The third kappa shape index (κ3) is 1.85. The SMILES string of the molecule is NC1(c2nc(-c3ccc(F)c4ccccc34)no2)CCC1. The Morgan fingerprint density at radius 1 is 1.10 bits per heavy atom. The van der Waals surface area contributed by atoms with E-state index in [0.29, 0.717) is 17.1 Å². The summed E-state index contributed by atoms with van der Waals surface area (Å²) in [5, 5.41) is 5.34. The molecule has 0 radical (unpaired) electrons. The largest absolute Gasteiger partial charge is 0.337 e. The molecule has 1 heterocycles. The van der Waals surface area contributed by atoms with Gasteiger partial charge in [0.1, 0.15) is 5.82 Å². The van der Waals surface area contributed by atoms with Gasteiger partial charge in [-0.05, 0) is 36.8 Å². The van der Waals surface area contributed by atoms with Crippen molar-refractivity contribution in [2.45, 2.75) is 24.8 Å². The van der Waals surface area contributed by atoms with E-state index in [1.54, 1.807) is 18.2 Å². The quantitative estimate of drug-likeness (QED) is 0.783. The van der Waals surface area contributed by atoms with E-state index < -0.39 is 5.54 Å². The van der Waals surface area contributed by atoms with Gasteiger partial charge in [0, 0.05) is 10.9 Å². The molecule has 0 spiro atoms. The van der Waals surface area contributed by atoms with E-state index in [0.717, 1.165) is 30.2 Å². The standard InChI is InChI=1S/C16H14FN3O/c17-13-7-6-12(10-4-1-2-5-11(10)13)14-19-15(21-20-14)16(18)8-3-9-16/h1-2,4-7H,3,8-9,18H2. The zero-order valence-corrected chi connectivity index (χ0v) is 11.3. The predicted octanol–water partition coefficient (Wildman–Crippen LogP) is 3.37. The second kappa shape index (κ2) is 4.36.